The van der Waals surface area contributed by atoms with Crippen LogP contribution in [0.5, 0.6) is 0 Å². The molecule has 0 unspecified atom stereocenters. The lowest BCUT2D eigenvalue weighted by atomic mass is 10.2. The first-order valence-electron chi connectivity index (χ1n) is 6.96. The third kappa shape index (κ3) is 2.48. The van der Waals surface area contributed by atoms with E-state index in [1.54, 1.807) is 0 Å². The molecular formula is C15H14IN5. The van der Waals surface area contributed by atoms with Crippen molar-refractivity contribution < 1.29 is 0 Å². The van der Waals surface area contributed by atoms with Gasteiger partial charge in [-0.1, -0.05) is 12.1 Å². The van der Waals surface area contributed by atoms with E-state index in [4.69, 9.17) is 10.7 Å². The Morgan fingerprint density at radius 2 is 2.00 bits per heavy atom. The largest absolute Gasteiger partial charge is 0.383 e. The van der Waals surface area contributed by atoms with E-state index in [2.05, 4.69) is 37.5 Å². The molecule has 1 saturated carbocycles. The van der Waals surface area contributed by atoms with Gasteiger partial charge in [-0.05, 0) is 47.6 Å². The van der Waals surface area contributed by atoms with Gasteiger partial charge in [0.15, 0.2) is 0 Å². The lowest BCUT2D eigenvalue weighted by Gasteiger charge is -2.07. The Hall–Kier alpha value is -1.70. The van der Waals surface area contributed by atoms with Gasteiger partial charge in [0.25, 0.3) is 0 Å². The molecule has 2 heterocycles. The van der Waals surface area contributed by atoms with Gasteiger partial charge in [0.05, 0.1) is 26.7 Å². The van der Waals surface area contributed by atoms with Gasteiger partial charge in [0.2, 0.25) is 0 Å². The number of nitrogens with one attached hydrogen (secondary N) is 1. The molecule has 0 radical (unpaired) electrons. The fourth-order valence-electron chi connectivity index (χ4n) is 2.48. The average Bonchev–Trinajstić information content (AvgIpc) is 3.22. The number of H-pyrrole nitrogens is 1. The molecular weight excluding hydrogens is 377 g/mol. The van der Waals surface area contributed by atoms with E-state index in [9.17, 15) is 0 Å². The fraction of sp³-hybridized carbons (Fsp3) is 0.267. The molecule has 21 heavy (non-hydrogen) atoms. The molecule has 3 aromatic rings. The highest BCUT2D eigenvalue weighted by Crippen LogP contribution is 2.41. The van der Waals surface area contributed by atoms with Crippen molar-refractivity contribution in [1.82, 2.24) is 19.9 Å². The van der Waals surface area contributed by atoms with Crippen molar-refractivity contribution in [2.75, 3.05) is 5.73 Å². The van der Waals surface area contributed by atoms with Crippen LogP contribution in [-0.4, -0.2) is 19.9 Å². The third-order valence-corrected chi connectivity index (χ3v) is 4.78. The fourth-order valence-corrected chi connectivity index (χ4v) is 3.16. The number of aromatic nitrogens is 4. The number of nitrogens with zero attached hydrogens (tertiary/aromatic N) is 3. The molecule has 4 rings (SSSR count). The maximum Gasteiger partial charge on any atom is 0.140 e. The van der Waals surface area contributed by atoms with Crippen LogP contribution < -0.4 is 5.73 Å². The molecule has 1 aliphatic rings. The van der Waals surface area contributed by atoms with Crippen LogP contribution in [0.4, 0.5) is 5.82 Å². The van der Waals surface area contributed by atoms with Crippen LogP contribution in [0.3, 0.4) is 0 Å². The van der Waals surface area contributed by atoms with Crippen molar-refractivity contribution in [3.8, 4) is 0 Å². The summed E-state index contributed by atoms with van der Waals surface area (Å²) < 4.78 is 1.00. The number of nitrogen functional groups attached to an aromatic ring is 1. The summed E-state index contributed by atoms with van der Waals surface area (Å²) in [6.45, 7) is 0. The number of rotatable bonds is 3. The van der Waals surface area contributed by atoms with Gasteiger partial charge in [-0.2, -0.15) is 0 Å². The van der Waals surface area contributed by atoms with Crippen LogP contribution in [0, 0.1) is 3.57 Å². The van der Waals surface area contributed by atoms with Gasteiger partial charge < -0.3 is 10.7 Å². The number of nitrogens with two attached hydrogens (primary N) is 1. The van der Waals surface area contributed by atoms with E-state index in [1.807, 2.05) is 24.3 Å². The standard InChI is InChI=1S/C15H14IN5/c16-13-14(8-5-6-8)20-12(21-15(13)17)7-11-18-9-3-1-2-4-10(9)19-11/h1-4,8H,5-7H2,(H,18,19)(H2,17,20,21). The number of para-hydroxylation sites is 2. The second-order valence-electron chi connectivity index (χ2n) is 5.38. The van der Waals surface area contributed by atoms with Crippen LogP contribution in [0.2, 0.25) is 0 Å². The highest BCUT2D eigenvalue weighted by Gasteiger charge is 2.29. The number of hydrogen-bond acceptors (Lipinski definition) is 4. The van der Waals surface area contributed by atoms with Crippen molar-refractivity contribution >= 4 is 39.4 Å². The first-order valence-corrected chi connectivity index (χ1v) is 8.04. The SMILES string of the molecule is Nc1nc(Cc2nc3ccccc3[nH]2)nc(C2CC2)c1I. The van der Waals surface area contributed by atoms with Gasteiger partial charge in [0.1, 0.15) is 17.5 Å². The van der Waals surface area contributed by atoms with E-state index in [0.29, 0.717) is 18.2 Å². The number of hydrogen-bond donors (Lipinski definition) is 2. The van der Waals surface area contributed by atoms with Gasteiger partial charge in [-0.3, -0.25) is 0 Å². The summed E-state index contributed by atoms with van der Waals surface area (Å²) in [5, 5.41) is 0. The number of halogens is 1. The average molecular weight is 391 g/mol. The van der Waals surface area contributed by atoms with Crippen LogP contribution >= 0.6 is 22.6 Å². The minimum Gasteiger partial charge on any atom is -0.383 e. The predicted molar refractivity (Wildman–Crippen MR) is 90.0 cm³/mol. The second-order valence-corrected chi connectivity index (χ2v) is 6.45. The number of imidazole rings is 1. The Morgan fingerprint density at radius 1 is 1.19 bits per heavy atom. The molecule has 1 fully saturated rings. The van der Waals surface area contributed by atoms with E-state index >= 15 is 0 Å². The highest BCUT2D eigenvalue weighted by molar-refractivity contribution is 14.1. The topological polar surface area (TPSA) is 80.5 Å². The van der Waals surface area contributed by atoms with Crippen LogP contribution in [0.15, 0.2) is 24.3 Å². The molecule has 0 amide bonds. The molecule has 0 atom stereocenters. The smallest absolute Gasteiger partial charge is 0.140 e. The molecule has 5 nitrogen and oxygen atoms in total. The quantitative estimate of drug-likeness (QED) is 0.673. The van der Waals surface area contributed by atoms with Gasteiger partial charge in [-0.25, -0.2) is 15.0 Å². The molecule has 2 aromatic heterocycles. The monoisotopic (exact) mass is 391 g/mol. The number of benzene rings is 1. The van der Waals surface area contributed by atoms with Crippen molar-refractivity contribution in [3.63, 3.8) is 0 Å². The highest BCUT2D eigenvalue weighted by atomic mass is 127. The van der Waals surface area contributed by atoms with Crippen LogP contribution in [0.1, 0.15) is 36.1 Å². The number of anilines is 1. The summed E-state index contributed by atoms with van der Waals surface area (Å²) in [5.41, 5.74) is 9.13. The summed E-state index contributed by atoms with van der Waals surface area (Å²) in [4.78, 5) is 17.0. The molecule has 0 spiro atoms. The Labute approximate surface area is 135 Å². The maximum atomic E-state index is 6.03. The Morgan fingerprint density at radius 3 is 2.76 bits per heavy atom. The van der Waals surface area contributed by atoms with Gasteiger partial charge in [-0.15, -0.1) is 0 Å². The third-order valence-electron chi connectivity index (χ3n) is 3.68. The van der Waals surface area contributed by atoms with Gasteiger partial charge >= 0.3 is 0 Å². The summed E-state index contributed by atoms with van der Waals surface area (Å²) in [6.07, 6.45) is 2.99. The molecule has 1 aromatic carbocycles. The van der Waals surface area contributed by atoms with E-state index in [0.717, 1.165) is 31.9 Å². The summed E-state index contributed by atoms with van der Waals surface area (Å²) in [7, 11) is 0. The van der Waals surface area contributed by atoms with Crippen molar-refractivity contribution in [2.45, 2.75) is 25.2 Å². The predicted octanol–water partition coefficient (Wildman–Crippen LogP) is 3.01. The summed E-state index contributed by atoms with van der Waals surface area (Å²) >= 11 is 2.25. The van der Waals surface area contributed by atoms with E-state index in [-0.39, 0.29) is 0 Å². The molecule has 0 aliphatic heterocycles. The van der Waals surface area contributed by atoms with Crippen molar-refractivity contribution in [3.05, 3.63) is 45.2 Å². The molecule has 0 bridgehead atoms. The zero-order valence-electron chi connectivity index (χ0n) is 11.3. The molecule has 1 aliphatic carbocycles. The van der Waals surface area contributed by atoms with Crippen molar-refractivity contribution in [2.24, 2.45) is 0 Å². The maximum absolute atomic E-state index is 6.03. The zero-order chi connectivity index (χ0) is 14.4. The van der Waals surface area contributed by atoms with E-state index < -0.39 is 0 Å². The minimum atomic E-state index is 0.566. The lowest BCUT2D eigenvalue weighted by Crippen LogP contribution is -2.07. The summed E-state index contributed by atoms with van der Waals surface area (Å²) in [5.74, 6) is 2.77. The second kappa shape index (κ2) is 4.94. The normalized spacial score (nSPS) is 14.7. The Bertz CT molecular complexity index is 789. The lowest BCUT2D eigenvalue weighted by molar-refractivity contribution is 0.869. The van der Waals surface area contributed by atoms with E-state index in [1.165, 1.54) is 12.8 Å². The zero-order valence-corrected chi connectivity index (χ0v) is 13.5. The first kappa shape index (κ1) is 13.0. The van der Waals surface area contributed by atoms with Gasteiger partial charge in [0, 0.05) is 5.92 Å². The molecule has 0 saturated heterocycles. The Kier molecular flexibility index (Phi) is 3.06. The van der Waals surface area contributed by atoms with Crippen LogP contribution in [0.25, 0.3) is 11.0 Å². The number of fused-ring (bicyclic) bond motifs is 1. The van der Waals surface area contributed by atoms with Crippen LogP contribution in [-0.2, 0) is 6.42 Å². The van der Waals surface area contributed by atoms with Crippen molar-refractivity contribution in [1.29, 1.82) is 0 Å². The molecule has 3 N–H and O–H groups in total. The summed E-state index contributed by atoms with van der Waals surface area (Å²) in [6, 6.07) is 7.99. The number of aromatic amines is 1. The first-order chi connectivity index (χ1) is 10.2. The Balaban J connectivity index is 1.70. The minimum absolute atomic E-state index is 0.566. The molecule has 106 valence electrons. The molecule has 6 heteroatoms.